The maximum atomic E-state index is 11.3. The second kappa shape index (κ2) is 7.70. The number of carbonyl (C=O) groups excluding carboxylic acids is 1. The van der Waals surface area contributed by atoms with Gasteiger partial charge < -0.3 is 10.5 Å². The van der Waals surface area contributed by atoms with Gasteiger partial charge in [-0.15, -0.1) is 0 Å². The lowest BCUT2D eigenvalue weighted by Crippen LogP contribution is -2.07. The Balaban J connectivity index is 2.01. The fourth-order valence-corrected chi connectivity index (χ4v) is 2.80. The van der Waals surface area contributed by atoms with E-state index in [9.17, 15) is 10.1 Å². The number of aromatic nitrogens is 3. The average Bonchev–Trinajstić information content (AvgIpc) is 3.14. The number of carbonyl (C=O) groups is 1. The van der Waals surface area contributed by atoms with E-state index in [0.717, 1.165) is 16.7 Å². The number of nitrogens with two attached hydrogens (primary N) is 1. The molecular weight excluding hydrogens is 342 g/mol. The Labute approximate surface area is 157 Å². The smallest absolute Gasteiger partial charge is 0.307 e. The number of hydrogen-bond acceptors (Lipinski definition) is 6. The van der Waals surface area contributed by atoms with Crippen molar-refractivity contribution in [2.75, 3.05) is 12.8 Å². The zero-order valence-corrected chi connectivity index (χ0v) is 15.1. The van der Waals surface area contributed by atoms with Crippen LogP contribution in [0, 0.1) is 18.3 Å². The molecule has 0 saturated heterocycles. The van der Waals surface area contributed by atoms with E-state index in [0.29, 0.717) is 23.4 Å². The third-order valence-electron chi connectivity index (χ3n) is 4.19. The molecule has 0 saturated carbocycles. The molecule has 0 radical (unpaired) electrons. The van der Waals surface area contributed by atoms with Crippen molar-refractivity contribution in [3.8, 4) is 28.5 Å². The monoisotopic (exact) mass is 361 g/mol. The standard InChI is InChI=1S/C20H19N5O2/c1-13-4-3-5-14(8-13)18-9-16(17(10-21)20(22)24-18)15-11-23-25(12-15)7-6-19(26)27-2/h3-5,8-9,11-12H,6-7H2,1-2H3,(H2,22,24). The number of pyridine rings is 1. The SMILES string of the molecule is COC(=O)CCn1cc(-c2cc(-c3cccc(C)c3)nc(N)c2C#N)cn1. The molecule has 7 heteroatoms. The quantitative estimate of drug-likeness (QED) is 0.700. The highest BCUT2D eigenvalue weighted by atomic mass is 16.5. The molecule has 0 fully saturated rings. The molecule has 136 valence electrons. The average molecular weight is 361 g/mol. The van der Waals surface area contributed by atoms with E-state index < -0.39 is 0 Å². The van der Waals surface area contributed by atoms with Crippen molar-refractivity contribution in [1.82, 2.24) is 14.8 Å². The molecule has 0 bridgehead atoms. The molecule has 0 amide bonds. The first-order chi connectivity index (χ1) is 13.0. The number of anilines is 1. The summed E-state index contributed by atoms with van der Waals surface area (Å²) in [6.07, 6.45) is 3.64. The summed E-state index contributed by atoms with van der Waals surface area (Å²) >= 11 is 0. The summed E-state index contributed by atoms with van der Waals surface area (Å²) in [5.74, 6) is -0.131. The Morgan fingerprint density at radius 2 is 2.15 bits per heavy atom. The third kappa shape index (κ3) is 3.96. The van der Waals surface area contributed by atoms with Crippen LogP contribution in [0.2, 0.25) is 0 Å². The fourth-order valence-electron chi connectivity index (χ4n) is 2.80. The zero-order valence-electron chi connectivity index (χ0n) is 15.1. The van der Waals surface area contributed by atoms with Crippen LogP contribution in [0.5, 0.6) is 0 Å². The first-order valence-corrected chi connectivity index (χ1v) is 8.39. The molecule has 3 rings (SSSR count). The minimum atomic E-state index is -0.306. The molecule has 0 atom stereocenters. The molecule has 2 aromatic heterocycles. The van der Waals surface area contributed by atoms with Crippen LogP contribution >= 0.6 is 0 Å². The summed E-state index contributed by atoms with van der Waals surface area (Å²) < 4.78 is 6.28. The van der Waals surface area contributed by atoms with Crippen molar-refractivity contribution in [2.45, 2.75) is 19.9 Å². The minimum Gasteiger partial charge on any atom is -0.469 e. The number of nitrogen functional groups attached to an aromatic ring is 1. The molecule has 1 aromatic carbocycles. The topological polar surface area (TPSA) is 107 Å². The number of aryl methyl sites for hydroxylation is 2. The summed E-state index contributed by atoms with van der Waals surface area (Å²) in [5, 5.41) is 13.8. The van der Waals surface area contributed by atoms with Gasteiger partial charge in [-0.05, 0) is 19.1 Å². The number of esters is 1. The van der Waals surface area contributed by atoms with E-state index in [-0.39, 0.29) is 18.2 Å². The first kappa shape index (κ1) is 18.1. The Hall–Kier alpha value is -3.66. The van der Waals surface area contributed by atoms with Crippen molar-refractivity contribution in [3.63, 3.8) is 0 Å². The number of benzene rings is 1. The van der Waals surface area contributed by atoms with Gasteiger partial charge in [-0.2, -0.15) is 10.4 Å². The molecule has 2 heterocycles. The van der Waals surface area contributed by atoms with Crippen LogP contribution in [0.25, 0.3) is 22.4 Å². The molecule has 0 spiro atoms. The number of nitrogens with zero attached hydrogens (tertiary/aromatic N) is 4. The third-order valence-corrected chi connectivity index (χ3v) is 4.19. The van der Waals surface area contributed by atoms with E-state index in [4.69, 9.17) is 5.73 Å². The molecule has 0 unspecified atom stereocenters. The predicted molar refractivity (Wildman–Crippen MR) is 101 cm³/mol. The number of rotatable bonds is 5. The first-order valence-electron chi connectivity index (χ1n) is 8.39. The van der Waals surface area contributed by atoms with E-state index in [1.54, 1.807) is 17.1 Å². The van der Waals surface area contributed by atoms with Crippen molar-refractivity contribution < 1.29 is 9.53 Å². The summed E-state index contributed by atoms with van der Waals surface area (Å²) in [6.45, 7) is 2.39. The van der Waals surface area contributed by atoms with Crippen LogP contribution in [0.3, 0.4) is 0 Å². The molecule has 0 aliphatic heterocycles. The number of ether oxygens (including phenoxy) is 1. The van der Waals surface area contributed by atoms with Gasteiger partial charge in [0.05, 0.1) is 32.0 Å². The Bertz CT molecular complexity index is 1030. The van der Waals surface area contributed by atoms with E-state index in [1.807, 2.05) is 37.3 Å². The van der Waals surface area contributed by atoms with Crippen LogP contribution < -0.4 is 5.73 Å². The zero-order chi connectivity index (χ0) is 19.4. The van der Waals surface area contributed by atoms with Gasteiger partial charge in [0.1, 0.15) is 17.5 Å². The van der Waals surface area contributed by atoms with Gasteiger partial charge in [0.2, 0.25) is 0 Å². The van der Waals surface area contributed by atoms with Gasteiger partial charge in [-0.1, -0.05) is 23.8 Å². The normalized spacial score (nSPS) is 10.4. The number of nitriles is 1. The maximum Gasteiger partial charge on any atom is 0.307 e. The molecule has 0 aliphatic rings. The van der Waals surface area contributed by atoms with Crippen molar-refractivity contribution in [3.05, 3.63) is 53.9 Å². The van der Waals surface area contributed by atoms with Crippen LogP contribution in [0.4, 0.5) is 5.82 Å². The Morgan fingerprint density at radius 3 is 2.85 bits per heavy atom. The fraction of sp³-hybridized carbons (Fsp3) is 0.200. The lowest BCUT2D eigenvalue weighted by molar-refractivity contribution is -0.140. The van der Waals surface area contributed by atoms with Gasteiger partial charge in [-0.3, -0.25) is 9.48 Å². The van der Waals surface area contributed by atoms with Crippen molar-refractivity contribution in [1.29, 1.82) is 5.26 Å². The lowest BCUT2D eigenvalue weighted by Gasteiger charge is -2.09. The van der Waals surface area contributed by atoms with Crippen molar-refractivity contribution >= 4 is 11.8 Å². The Kier molecular flexibility index (Phi) is 5.18. The van der Waals surface area contributed by atoms with Crippen LogP contribution in [0.15, 0.2) is 42.7 Å². The molecule has 7 nitrogen and oxygen atoms in total. The summed E-state index contributed by atoms with van der Waals surface area (Å²) in [6, 6.07) is 11.9. The van der Waals surface area contributed by atoms with Crippen molar-refractivity contribution in [2.24, 2.45) is 0 Å². The van der Waals surface area contributed by atoms with Gasteiger partial charge >= 0.3 is 5.97 Å². The molecule has 3 aromatic rings. The van der Waals surface area contributed by atoms with Crippen LogP contribution in [-0.4, -0.2) is 27.8 Å². The number of methoxy groups -OCH3 is 1. The highest BCUT2D eigenvalue weighted by molar-refractivity contribution is 5.79. The highest BCUT2D eigenvalue weighted by Crippen LogP contribution is 2.31. The molecule has 0 aliphatic carbocycles. The number of hydrogen-bond donors (Lipinski definition) is 1. The second-order valence-corrected chi connectivity index (χ2v) is 6.11. The highest BCUT2D eigenvalue weighted by Gasteiger charge is 2.15. The summed E-state index contributed by atoms with van der Waals surface area (Å²) in [5.41, 5.74) is 10.5. The van der Waals surface area contributed by atoms with E-state index in [2.05, 4.69) is 20.9 Å². The maximum absolute atomic E-state index is 11.3. The summed E-state index contributed by atoms with van der Waals surface area (Å²) in [4.78, 5) is 15.7. The second-order valence-electron chi connectivity index (χ2n) is 6.11. The van der Waals surface area contributed by atoms with Crippen LogP contribution in [-0.2, 0) is 16.1 Å². The van der Waals surface area contributed by atoms with E-state index in [1.165, 1.54) is 7.11 Å². The van der Waals surface area contributed by atoms with E-state index >= 15 is 0 Å². The molecular formula is C20H19N5O2. The largest absolute Gasteiger partial charge is 0.469 e. The Morgan fingerprint density at radius 1 is 1.33 bits per heavy atom. The molecule has 2 N–H and O–H groups in total. The van der Waals surface area contributed by atoms with Gasteiger partial charge in [0, 0.05) is 22.9 Å². The van der Waals surface area contributed by atoms with Gasteiger partial charge in [0.25, 0.3) is 0 Å². The van der Waals surface area contributed by atoms with Crippen LogP contribution in [0.1, 0.15) is 17.5 Å². The summed E-state index contributed by atoms with van der Waals surface area (Å²) in [7, 11) is 1.35. The minimum absolute atomic E-state index is 0.175. The molecule has 27 heavy (non-hydrogen) atoms. The van der Waals surface area contributed by atoms with Gasteiger partial charge in [-0.25, -0.2) is 4.98 Å². The van der Waals surface area contributed by atoms with Gasteiger partial charge in [0.15, 0.2) is 0 Å². The predicted octanol–water partition coefficient (Wildman–Crippen LogP) is 2.94. The lowest BCUT2D eigenvalue weighted by atomic mass is 10.00.